The van der Waals surface area contributed by atoms with Crippen LogP contribution in [0.4, 0.5) is 0 Å². The van der Waals surface area contributed by atoms with Crippen molar-refractivity contribution in [1.82, 2.24) is 10.1 Å². The van der Waals surface area contributed by atoms with E-state index in [-0.39, 0.29) is 22.1 Å². The van der Waals surface area contributed by atoms with Gasteiger partial charge in [0.2, 0.25) is 21.7 Å². The van der Waals surface area contributed by atoms with Crippen LogP contribution in [-0.2, 0) is 10.0 Å². The van der Waals surface area contributed by atoms with E-state index in [9.17, 15) is 8.42 Å². The lowest BCUT2D eigenvalue weighted by molar-refractivity contribution is 0.368. The number of aryl methyl sites for hydroxylation is 1. The summed E-state index contributed by atoms with van der Waals surface area (Å²) < 4.78 is 29.8. The molecule has 4 rings (SSSR count). The molecule has 3 aromatic rings. The summed E-state index contributed by atoms with van der Waals surface area (Å²) in [4.78, 5) is 4.75. The van der Waals surface area contributed by atoms with Gasteiger partial charge in [-0.05, 0) is 29.5 Å². The van der Waals surface area contributed by atoms with Gasteiger partial charge in [0.15, 0.2) is 0 Å². The highest BCUT2D eigenvalue weighted by molar-refractivity contribution is 7.89. The number of aromatic nitrogens is 2. The van der Waals surface area contributed by atoms with Crippen molar-refractivity contribution in [2.45, 2.75) is 37.5 Å². The predicted octanol–water partition coefficient (Wildman–Crippen LogP) is 3.60. The summed E-state index contributed by atoms with van der Waals surface area (Å²) in [5, 5.41) is 9.57. The molecule has 2 N–H and O–H groups in total. The zero-order chi connectivity index (χ0) is 19.4. The van der Waals surface area contributed by atoms with Crippen LogP contribution in [0.5, 0.6) is 0 Å². The minimum Gasteiger partial charge on any atom is -0.339 e. The third-order valence-electron chi connectivity index (χ3n) is 5.47. The predicted molar refractivity (Wildman–Crippen MR) is 102 cm³/mol. The molecule has 1 fully saturated rings. The third-order valence-corrected chi connectivity index (χ3v) is 6.44. The van der Waals surface area contributed by atoms with E-state index < -0.39 is 10.0 Å². The van der Waals surface area contributed by atoms with Gasteiger partial charge < -0.3 is 4.52 Å². The van der Waals surface area contributed by atoms with Crippen LogP contribution in [0.25, 0.3) is 11.4 Å². The van der Waals surface area contributed by atoms with E-state index in [4.69, 9.17) is 9.66 Å². The lowest BCUT2D eigenvalue weighted by Gasteiger charge is -2.12. The van der Waals surface area contributed by atoms with Crippen molar-refractivity contribution in [3.63, 3.8) is 0 Å². The average molecular weight is 383 g/mol. The molecule has 27 heavy (non-hydrogen) atoms. The summed E-state index contributed by atoms with van der Waals surface area (Å²) in [5.74, 6) is 0.927. The van der Waals surface area contributed by atoms with Crippen LogP contribution in [0.15, 0.2) is 57.9 Å². The van der Waals surface area contributed by atoms with Crippen LogP contribution < -0.4 is 5.14 Å². The van der Waals surface area contributed by atoms with E-state index in [1.54, 1.807) is 12.1 Å². The van der Waals surface area contributed by atoms with Crippen molar-refractivity contribution < 1.29 is 12.9 Å². The van der Waals surface area contributed by atoms with E-state index in [2.05, 4.69) is 24.0 Å². The van der Waals surface area contributed by atoms with Gasteiger partial charge in [-0.15, -0.1) is 0 Å². The Hall–Kier alpha value is -2.51. The van der Waals surface area contributed by atoms with E-state index in [0.717, 1.165) is 16.7 Å². The largest absolute Gasteiger partial charge is 0.339 e. The van der Waals surface area contributed by atoms with Crippen LogP contribution in [0.1, 0.15) is 42.7 Å². The molecule has 2 aromatic carbocycles. The molecule has 1 saturated carbocycles. The van der Waals surface area contributed by atoms with Gasteiger partial charge in [0.25, 0.3) is 0 Å². The highest BCUT2D eigenvalue weighted by Gasteiger charge is 2.63. The molecule has 1 heterocycles. The molecule has 0 amide bonds. The molecule has 0 spiro atoms. The highest BCUT2D eigenvalue weighted by atomic mass is 32.2. The van der Waals surface area contributed by atoms with Crippen LogP contribution >= 0.6 is 0 Å². The normalized spacial score (nSPS) is 21.2. The first-order chi connectivity index (χ1) is 12.7. The van der Waals surface area contributed by atoms with Gasteiger partial charge in [0, 0.05) is 11.5 Å². The Morgan fingerprint density at radius 3 is 2.41 bits per heavy atom. The molecular formula is C20H21N3O3S. The lowest BCUT2D eigenvalue weighted by atomic mass is 9.99. The average Bonchev–Trinajstić information content (AvgIpc) is 2.95. The second-order valence-electron chi connectivity index (χ2n) is 7.63. The third kappa shape index (κ3) is 2.96. The van der Waals surface area contributed by atoms with Crippen molar-refractivity contribution in [3.05, 3.63) is 65.5 Å². The van der Waals surface area contributed by atoms with Crippen molar-refractivity contribution in [1.29, 1.82) is 0 Å². The number of benzene rings is 2. The van der Waals surface area contributed by atoms with Gasteiger partial charge in [-0.3, -0.25) is 0 Å². The van der Waals surface area contributed by atoms with Crippen LogP contribution in [0, 0.1) is 12.3 Å². The molecule has 1 aliphatic rings. The van der Waals surface area contributed by atoms with E-state index in [1.165, 1.54) is 0 Å². The smallest absolute Gasteiger partial charge is 0.238 e. The van der Waals surface area contributed by atoms with Crippen LogP contribution in [0.3, 0.4) is 0 Å². The maximum Gasteiger partial charge on any atom is 0.238 e. The van der Waals surface area contributed by atoms with Crippen molar-refractivity contribution in [3.8, 4) is 11.4 Å². The standard InChI is InChI=1S/C20H21N3O3S/c1-12-8-7-11-14(27(21,24)25)15(12)16-17(20(16,2)3)19-22-18(23-26-19)13-9-5-4-6-10-13/h4-11,16-17H,1-3H3,(H2,21,24,25). The van der Waals surface area contributed by atoms with Gasteiger partial charge in [0.05, 0.1) is 10.8 Å². The molecule has 0 aliphatic heterocycles. The molecule has 2 atom stereocenters. The Balaban J connectivity index is 1.76. The maximum atomic E-state index is 12.1. The molecule has 2 unspecified atom stereocenters. The van der Waals surface area contributed by atoms with E-state index in [0.29, 0.717) is 11.7 Å². The SMILES string of the molecule is Cc1cccc(S(N)(=O)=O)c1C1C(c2nc(-c3ccccc3)no2)C1(C)C. The number of nitrogens with two attached hydrogens (primary N) is 1. The maximum absolute atomic E-state index is 12.1. The Bertz CT molecular complexity index is 1100. The monoisotopic (exact) mass is 383 g/mol. The second-order valence-corrected chi connectivity index (χ2v) is 9.16. The fraction of sp³-hybridized carbons (Fsp3) is 0.300. The van der Waals surface area contributed by atoms with E-state index >= 15 is 0 Å². The summed E-state index contributed by atoms with van der Waals surface area (Å²) in [7, 11) is -3.82. The van der Waals surface area contributed by atoms with Gasteiger partial charge in [0.1, 0.15) is 0 Å². The zero-order valence-corrected chi connectivity index (χ0v) is 16.2. The highest BCUT2D eigenvalue weighted by Crippen LogP contribution is 2.70. The molecule has 0 radical (unpaired) electrons. The number of rotatable bonds is 4. The quantitative estimate of drug-likeness (QED) is 0.742. The number of sulfonamides is 1. The summed E-state index contributed by atoms with van der Waals surface area (Å²) in [5.41, 5.74) is 2.30. The molecule has 1 aromatic heterocycles. The minimum atomic E-state index is -3.82. The first kappa shape index (κ1) is 17.9. The summed E-state index contributed by atoms with van der Waals surface area (Å²) in [6, 6.07) is 14.8. The van der Waals surface area contributed by atoms with Gasteiger partial charge in [-0.1, -0.05) is 61.5 Å². The first-order valence-corrected chi connectivity index (χ1v) is 10.3. The van der Waals surface area contributed by atoms with Gasteiger partial charge in [-0.2, -0.15) is 4.98 Å². The van der Waals surface area contributed by atoms with Gasteiger partial charge in [-0.25, -0.2) is 13.6 Å². The minimum absolute atomic E-state index is 0.0592. The molecular weight excluding hydrogens is 362 g/mol. The first-order valence-electron chi connectivity index (χ1n) is 8.72. The van der Waals surface area contributed by atoms with E-state index in [1.807, 2.05) is 43.3 Å². The van der Waals surface area contributed by atoms with Gasteiger partial charge >= 0.3 is 0 Å². The lowest BCUT2D eigenvalue weighted by Crippen LogP contribution is -2.15. The topological polar surface area (TPSA) is 99.1 Å². The van der Waals surface area contributed by atoms with Crippen molar-refractivity contribution in [2.24, 2.45) is 10.6 Å². The molecule has 0 saturated heterocycles. The summed E-state index contributed by atoms with van der Waals surface area (Å²) in [6.45, 7) is 6.06. The Kier molecular flexibility index (Phi) is 3.98. The fourth-order valence-corrected chi connectivity index (χ4v) is 4.87. The Labute approximate surface area is 158 Å². The number of hydrogen-bond donors (Lipinski definition) is 1. The number of nitrogens with zero attached hydrogens (tertiary/aromatic N) is 2. The summed E-state index contributed by atoms with van der Waals surface area (Å²) in [6.07, 6.45) is 0. The van der Waals surface area contributed by atoms with Crippen molar-refractivity contribution in [2.75, 3.05) is 0 Å². The molecule has 1 aliphatic carbocycles. The number of hydrogen-bond acceptors (Lipinski definition) is 5. The van der Waals surface area contributed by atoms with Crippen molar-refractivity contribution >= 4 is 10.0 Å². The Morgan fingerprint density at radius 2 is 1.74 bits per heavy atom. The molecule has 7 heteroatoms. The Morgan fingerprint density at radius 1 is 1.04 bits per heavy atom. The van der Waals surface area contributed by atoms with Crippen LogP contribution in [-0.4, -0.2) is 18.6 Å². The van der Waals surface area contributed by atoms with Crippen LogP contribution in [0.2, 0.25) is 0 Å². The zero-order valence-electron chi connectivity index (χ0n) is 15.4. The molecule has 6 nitrogen and oxygen atoms in total. The summed E-state index contributed by atoms with van der Waals surface area (Å²) >= 11 is 0. The fourth-order valence-electron chi connectivity index (χ4n) is 4.00. The molecule has 0 bridgehead atoms. The second kappa shape index (κ2) is 6.00. The number of primary sulfonamides is 1. The molecule has 140 valence electrons.